The van der Waals surface area contributed by atoms with Crippen LogP contribution in [0.1, 0.15) is 5.56 Å². The van der Waals surface area contributed by atoms with Gasteiger partial charge in [-0.05, 0) is 23.3 Å². The topological polar surface area (TPSA) is 71.5 Å². The van der Waals surface area contributed by atoms with Crippen molar-refractivity contribution in [3.05, 3.63) is 54.1 Å². The molecule has 0 unspecified atom stereocenters. The lowest BCUT2D eigenvalue weighted by Crippen LogP contribution is -2.06. The Morgan fingerprint density at radius 2 is 1.92 bits per heavy atom. The number of methoxy groups -OCH3 is 1. The molecule has 0 radical (unpaired) electrons. The van der Waals surface area contributed by atoms with E-state index in [1.54, 1.807) is 11.8 Å². The Bertz CT molecular complexity index is 875. The van der Waals surface area contributed by atoms with Crippen LogP contribution in [0.2, 0.25) is 0 Å². The molecule has 0 aliphatic carbocycles. The van der Waals surface area contributed by atoms with Gasteiger partial charge in [0.05, 0.1) is 19.2 Å². The summed E-state index contributed by atoms with van der Waals surface area (Å²) in [6, 6.07) is 15.7. The number of nitrogen functional groups attached to an aromatic ring is 1. The molecule has 122 valence electrons. The van der Waals surface area contributed by atoms with Crippen LogP contribution in [0.15, 0.2) is 48.5 Å². The lowest BCUT2D eigenvalue weighted by Gasteiger charge is -2.06. The van der Waals surface area contributed by atoms with E-state index < -0.39 is 0 Å². The summed E-state index contributed by atoms with van der Waals surface area (Å²) in [5.41, 5.74) is 9.11. The van der Waals surface area contributed by atoms with E-state index in [1.165, 1.54) is 0 Å². The van der Waals surface area contributed by atoms with Gasteiger partial charge in [-0.3, -0.25) is 0 Å². The molecular formula is C18H17N3O3. The summed E-state index contributed by atoms with van der Waals surface area (Å²) in [4.78, 5) is 0. The Hall–Kier alpha value is -3.15. The Balaban J connectivity index is 1.75. The average Bonchev–Trinajstić information content (AvgIpc) is 3.20. The van der Waals surface area contributed by atoms with Gasteiger partial charge >= 0.3 is 0 Å². The van der Waals surface area contributed by atoms with Crippen LogP contribution >= 0.6 is 0 Å². The third-order valence-electron chi connectivity index (χ3n) is 3.99. The van der Waals surface area contributed by atoms with Crippen molar-refractivity contribution in [2.24, 2.45) is 0 Å². The first-order chi connectivity index (χ1) is 11.8. The number of hydrogen-bond donors (Lipinski definition) is 1. The fourth-order valence-corrected chi connectivity index (χ4v) is 2.80. The minimum atomic E-state index is 0.235. The summed E-state index contributed by atoms with van der Waals surface area (Å²) in [6.45, 7) is 0.812. The molecular weight excluding hydrogens is 306 g/mol. The van der Waals surface area contributed by atoms with Gasteiger partial charge in [-0.15, -0.1) is 5.10 Å². The number of ether oxygens (including phenoxy) is 3. The molecule has 24 heavy (non-hydrogen) atoms. The van der Waals surface area contributed by atoms with E-state index in [2.05, 4.69) is 5.10 Å². The van der Waals surface area contributed by atoms with E-state index in [-0.39, 0.29) is 6.79 Å². The highest BCUT2D eigenvalue weighted by molar-refractivity contribution is 5.80. The molecule has 4 rings (SSSR count). The first-order valence-corrected chi connectivity index (χ1v) is 7.60. The first-order valence-electron chi connectivity index (χ1n) is 7.60. The van der Waals surface area contributed by atoms with Crippen molar-refractivity contribution < 1.29 is 14.2 Å². The molecule has 2 aromatic carbocycles. The molecule has 0 spiro atoms. The second-order valence-electron chi connectivity index (χ2n) is 5.48. The second kappa shape index (κ2) is 5.81. The highest BCUT2D eigenvalue weighted by Crippen LogP contribution is 2.41. The number of fused-ring (bicyclic) bond motifs is 1. The standard InChI is InChI=1S/C18H17N3O3/c1-22-18-16(13-7-8-14-15(9-13)24-11-23-14)17(19)21(20-18)10-12-5-3-2-4-6-12/h2-9H,10-11,19H2,1H3. The van der Waals surface area contributed by atoms with Crippen LogP contribution in [0.25, 0.3) is 11.1 Å². The second-order valence-corrected chi connectivity index (χ2v) is 5.48. The molecule has 2 heterocycles. The number of nitrogens with two attached hydrogens (primary N) is 1. The largest absolute Gasteiger partial charge is 0.479 e. The van der Waals surface area contributed by atoms with Crippen molar-refractivity contribution in [3.8, 4) is 28.5 Å². The van der Waals surface area contributed by atoms with Crippen molar-refractivity contribution in [2.45, 2.75) is 6.54 Å². The predicted octanol–water partition coefficient (Wildman–Crippen LogP) is 2.92. The Labute approximate surface area is 139 Å². The molecule has 1 aliphatic rings. The fourth-order valence-electron chi connectivity index (χ4n) is 2.80. The van der Waals surface area contributed by atoms with Crippen molar-refractivity contribution in [3.63, 3.8) is 0 Å². The summed E-state index contributed by atoms with van der Waals surface area (Å²) < 4.78 is 18.0. The van der Waals surface area contributed by atoms with Gasteiger partial charge in [-0.25, -0.2) is 4.68 Å². The minimum absolute atomic E-state index is 0.235. The molecule has 3 aromatic rings. The van der Waals surface area contributed by atoms with Crippen molar-refractivity contribution in [2.75, 3.05) is 19.6 Å². The number of aromatic nitrogens is 2. The van der Waals surface area contributed by atoms with Crippen molar-refractivity contribution >= 4 is 5.82 Å². The third kappa shape index (κ3) is 2.42. The van der Waals surface area contributed by atoms with Gasteiger partial charge in [0.25, 0.3) is 0 Å². The monoisotopic (exact) mass is 323 g/mol. The minimum Gasteiger partial charge on any atom is -0.479 e. The van der Waals surface area contributed by atoms with Crippen molar-refractivity contribution in [1.82, 2.24) is 9.78 Å². The van der Waals surface area contributed by atoms with E-state index in [4.69, 9.17) is 19.9 Å². The zero-order chi connectivity index (χ0) is 16.5. The Morgan fingerprint density at radius 3 is 2.71 bits per heavy atom. The lowest BCUT2D eigenvalue weighted by molar-refractivity contribution is 0.174. The fraction of sp³-hybridized carbons (Fsp3) is 0.167. The molecule has 0 fully saturated rings. The summed E-state index contributed by atoms with van der Waals surface area (Å²) in [5.74, 6) is 2.47. The van der Waals surface area contributed by atoms with Gasteiger partial charge in [-0.1, -0.05) is 36.4 Å². The van der Waals surface area contributed by atoms with Crippen LogP contribution in [0.3, 0.4) is 0 Å². The highest BCUT2D eigenvalue weighted by atomic mass is 16.7. The van der Waals surface area contributed by atoms with Crippen LogP contribution in [0, 0.1) is 0 Å². The number of rotatable bonds is 4. The van der Waals surface area contributed by atoms with Crippen LogP contribution in [0.4, 0.5) is 5.82 Å². The molecule has 6 heteroatoms. The molecule has 0 amide bonds. The summed E-state index contributed by atoms with van der Waals surface area (Å²) in [7, 11) is 1.59. The van der Waals surface area contributed by atoms with E-state index in [0.29, 0.717) is 24.0 Å². The molecule has 6 nitrogen and oxygen atoms in total. The molecule has 2 N–H and O–H groups in total. The SMILES string of the molecule is COc1nn(Cc2ccccc2)c(N)c1-c1ccc2c(c1)OCO2. The van der Waals surface area contributed by atoms with Gasteiger partial charge in [0.1, 0.15) is 5.82 Å². The van der Waals surface area contributed by atoms with Gasteiger partial charge in [0.15, 0.2) is 11.5 Å². The van der Waals surface area contributed by atoms with Crippen molar-refractivity contribution in [1.29, 1.82) is 0 Å². The van der Waals surface area contributed by atoms with Crippen LogP contribution in [-0.4, -0.2) is 23.7 Å². The van der Waals surface area contributed by atoms with Crippen LogP contribution < -0.4 is 19.9 Å². The summed E-state index contributed by atoms with van der Waals surface area (Å²) in [6.07, 6.45) is 0. The van der Waals surface area contributed by atoms with Gasteiger partial charge in [0, 0.05) is 0 Å². The maximum Gasteiger partial charge on any atom is 0.242 e. The summed E-state index contributed by atoms with van der Waals surface area (Å²) >= 11 is 0. The first kappa shape index (κ1) is 14.4. The third-order valence-corrected chi connectivity index (χ3v) is 3.99. The summed E-state index contributed by atoms with van der Waals surface area (Å²) in [5, 5.41) is 4.49. The zero-order valence-electron chi connectivity index (χ0n) is 13.2. The number of nitrogens with zero attached hydrogens (tertiary/aromatic N) is 2. The number of benzene rings is 2. The zero-order valence-corrected chi connectivity index (χ0v) is 13.2. The maximum atomic E-state index is 6.35. The van der Waals surface area contributed by atoms with Gasteiger partial charge < -0.3 is 19.9 Å². The highest BCUT2D eigenvalue weighted by Gasteiger charge is 2.21. The van der Waals surface area contributed by atoms with E-state index in [9.17, 15) is 0 Å². The molecule has 1 aromatic heterocycles. The molecule has 0 saturated carbocycles. The molecule has 0 saturated heterocycles. The molecule has 0 bridgehead atoms. The molecule has 0 atom stereocenters. The number of hydrogen-bond acceptors (Lipinski definition) is 5. The van der Waals surface area contributed by atoms with Gasteiger partial charge in [-0.2, -0.15) is 0 Å². The average molecular weight is 323 g/mol. The quantitative estimate of drug-likeness (QED) is 0.799. The normalized spacial score (nSPS) is 12.4. The smallest absolute Gasteiger partial charge is 0.242 e. The van der Waals surface area contributed by atoms with E-state index in [1.807, 2.05) is 48.5 Å². The van der Waals surface area contributed by atoms with Crippen LogP contribution in [0.5, 0.6) is 17.4 Å². The Kier molecular flexibility index (Phi) is 3.49. The van der Waals surface area contributed by atoms with Crippen LogP contribution in [-0.2, 0) is 6.54 Å². The lowest BCUT2D eigenvalue weighted by atomic mass is 10.1. The van der Waals surface area contributed by atoms with Gasteiger partial charge in [0.2, 0.25) is 12.7 Å². The van der Waals surface area contributed by atoms with E-state index in [0.717, 1.165) is 22.4 Å². The van der Waals surface area contributed by atoms with E-state index >= 15 is 0 Å². The maximum absolute atomic E-state index is 6.35. The predicted molar refractivity (Wildman–Crippen MR) is 90.3 cm³/mol. The Morgan fingerprint density at radius 1 is 1.12 bits per heavy atom. The molecule has 1 aliphatic heterocycles. The number of anilines is 1.